The van der Waals surface area contributed by atoms with Crippen LogP contribution in [0.3, 0.4) is 0 Å². The van der Waals surface area contributed by atoms with E-state index in [4.69, 9.17) is 9.99 Å². The van der Waals surface area contributed by atoms with Gasteiger partial charge in [-0.3, -0.25) is 4.89 Å². The van der Waals surface area contributed by atoms with E-state index >= 15 is 0 Å². The zero-order valence-corrected chi connectivity index (χ0v) is 15.8. The van der Waals surface area contributed by atoms with E-state index in [1.807, 2.05) is 31.2 Å². The Balaban J connectivity index is 0.00000129. The van der Waals surface area contributed by atoms with Crippen LogP contribution in [0.15, 0.2) is 36.9 Å². The summed E-state index contributed by atoms with van der Waals surface area (Å²) in [6.07, 6.45) is 11.8. The first-order chi connectivity index (χ1) is 12.2. The Kier molecular flexibility index (Phi) is 15.8. The van der Waals surface area contributed by atoms with Crippen molar-refractivity contribution < 1.29 is 19.7 Å². The van der Waals surface area contributed by atoms with Crippen LogP contribution in [0.1, 0.15) is 70.8 Å². The number of hydrogen-bond donors (Lipinski definition) is 1. The maximum Gasteiger partial charge on any atom is 0.378 e. The Morgan fingerprint density at radius 2 is 1.64 bits per heavy atom. The molecule has 0 aliphatic carbocycles. The zero-order valence-electron chi connectivity index (χ0n) is 15.8. The SMILES string of the molecule is C=CC(=O)OOc1ccccc1CCCCCCCCC.CCCO. The second-order valence-electron chi connectivity index (χ2n) is 5.89. The molecule has 142 valence electrons. The van der Waals surface area contributed by atoms with Gasteiger partial charge in [0.15, 0.2) is 5.75 Å². The van der Waals surface area contributed by atoms with E-state index in [1.54, 1.807) is 0 Å². The van der Waals surface area contributed by atoms with Crippen molar-refractivity contribution in [3.63, 3.8) is 0 Å². The summed E-state index contributed by atoms with van der Waals surface area (Å²) < 4.78 is 0. The molecular weight excluding hydrogens is 316 g/mol. The Bertz CT molecular complexity index is 455. The van der Waals surface area contributed by atoms with Crippen LogP contribution in [0.2, 0.25) is 0 Å². The van der Waals surface area contributed by atoms with Crippen LogP contribution in [0.5, 0.6) is 5.75 Å². The van der Waals surface area contributed by atoms with Gasteiger partial charge in [0.1, 0.15) is 0 Å². The number of unbranched alkanes of at least 4 members (excludes halogenated alkanes) is 6. The first-order valence-electron chi connectivity index (χ1n) is 9.39. The largest absolute Gasteiger partial charge is 0.396 e. The maximum atomic E-state index is 11.0. The molecule has 1 aromatic rings. The third-order valence-corrected chi connectivity index (χ3v) is 3.63. The second kappa shape index (κ2) is 17.0. The lowest BCUT2D eigenvalue weighted by Gasteiger charge is -2.08. The number of para-hydroxylation sites is 1. The Morgan fingerprint density at radius 1 is 1.04 bits per heavy atom. The van der Waals surface area contributed by atoms with Gasteiger partial charge in [-0.2, -0.15) is 0 Å². The molecule has 0 bridgehead atoms. The van der Waals surface area contributed by atoms with Crippen LogP contribution in [-0.2, 0) is 16.1 Å². The summed E-state index contributed by atoms with van der Waals surface area (Å²) in [5.41, 5.74) is 1.07. The molecule has 1 N–H and O–H groups in total. The molecule has 0 amide bonds. The van der Waals surface area contributed by atoms with Crippen LogP contribution < -0.4 is 4.89 Å². The molecule has 0 heterocycles. The van der Waals surface area contributed by atoms with Crippen molar-refractivity contribution in [3.05, 3.63) is 42.5 Å². The molecule has 25 heavy (non-hydrogen) atoms. The van der Waals surface area contributed by atoms with E-state index in [1.165, 1.54) is 38.5 Å². The molecular formula is C21H34O4. The molecule has 0 aromatic heterocycles. The van der Waals surface area contributed by atoms with Crippen molar-refractivity contribution >= 4 is 5.97 Å². The van der Waals surface area contributed by atoms with Crippen LogP contribution in [0.4, 0.5) is 0 Å². The predicted octanol–water partition coefficient (Wildman–Crippen LogP) is 5.39. The van der Waals surface area contributed by atoms with Crippen LogP contribution in [0, 0.1) is 0 Å². The normalized spacial score (nSPS) is 9.72. The first-order valence-corrected chi connectivity index (χ1v) is 9.39. The fraction of sp³-hybridized carbons (Fsp3) is 0.571. The second-order valence-corrected chi connectivity index (χ2v) is 5.89. The molecule has 0 fully saturated rings. The van der Waals surface area contributed by atoms with Gasteiger partial charge in [-0.1, -0.05) is 77.2 Å². The highest BCUT2D eigenvalue weighted by Gasteiger charge is 2.06. The summed E-state index contributed by atoms with van der Waals surface area (Å²) >= 11 is 0. The Labute approximate surface area is 152 Å². The third kappa shape index (κ3) is 13.2. The lowest BCUT2D eigenvalue weighted by Crippen LogP contribution is -2.05. The summed E-state index contributed by atoms with van der Waals surface area (Å²) in [6.45, 7) is 7.81. The number of hydrogen-bond acceptors (Lipinski definition) is 4. The van der Waals surface area contributed by atoms with Crippen LogP contribution in [-0.4, -0.2) is 17.7 Å². The Morgan fingerprint density at radius 3 is 2.24 bits per heavy atom. The highest BCUT2D eigenvalue weighted by Crippen LogP contribution is 2.21. The number of benzene rings is 1. The fourth-order valence-electron chi connectivity index (χ4n) is 2.18. The minimum atomic E-state index is -0.583. The average Bonchev–Trinajstić information content (AvgIpc) is 2.66. The molecule has 0 saturated carbocycles. The van der Waals surface area contributed by atoms with Gasteiger partial charge in [-0.15, -0.1) is 0 Å². The van der Waals surface area contributed by atoms with Crippen LogP contribution in [0.25, 0.3) is 0 Å². The summed E-state index contributed by atoms with van der Waals surface area (Å²) in [4.78, 5) is 20.7. The van der Waals surface area contributed by atoms with Gasteiger partial charge < -0.3 is 5.11 Å². The van der Waals surface area contributed by atoms with Crippen molar-refractivity contribution in [2.45, 2.75) is 71.6 Å². The predicted molar refractivity (Wildman–Crippen MR) is 102 cm³/mol. The maximum absolute atomic E-state index is 11.0. The number of rotatable bonds is 12. The summed E-state index contributed by atoms with van der Waals surface area (Å²) in [5, 5.41) is 7.88. The quantitative estimate of drug-likeness (QED) is 0.238. The van der Waals surface area contributed by atoms with E-state index in [2.05, 4.69) is 18.4 Å². The molecule has 0 spiro atoms. The van der Waals surface area contributed by atoms with Gasteiger partial charge in [-0.25, -0.2) is 9.68 Å². The highest BCUT2D eigenvalue weighted by molar-refractivity contribution is 5.80. The van der Waals surface area contributed by atoms with E-state index in [0.29, 0.717) is 12.4 Å². The molecule has 0 aliphatic heterocycles. The van der Waals surface area contributed by atoms with Crippen LogP contribution >= 0.6 is 0 Å². The lowest BCUT2D eigenvalue weighted by atomic mass is 10.0. The number of aliphatic hydroxyl groups is 1. The van der Waals surface area contributed by atoms with E-state index in [9.17, 15) is 4.79 Å². The minimum absolute atomic E-state index is 0.319. The van der Waals surface area contributed by atoms with Crippen molar-refractivity contribution in [1.29, 1.82) is 0 Å². The van der Waals surface area contributed by atoms with Gasteiger partial charge in [0.25, 0.3) is 0 Å². The monoisotopic (exact) mass is 350 g/mol. The zero-order chi connectivity index (χ0) is 18.8. The van der Waals surface area contributed by atoms with Gasteiger partial charge in [0, 0.05) is 12.7 Å². The topological polar surface area (TPSA) is 55.8 Å². The summed E-state index contributed by atoms with van der Waals surface area (Å²) in [5.74, 6) is 0.0272. The number of carbonyl (C=O) groups is 1. The van der Waals surface area contributed by atoms with Crippen molar-refractivity contribution in [2.24, 2.45) is 0 Å². The standard InChI is InChI=1S/C18H26O3.C3H8O/c1-3-5-6-7-8-9-10-13-16-14-11-12-15-17(16)20-21-18(19)4-2;1-2-3-4/h4,11-12,14-15H,2-3,5-10,13H2,1H3;4H,2-3H2,1H3. The molecule has 1 aromatic carbocycles. The third-order valence-electron chi connectivity index (χ3n) is 3.63. The smallest absolute Gasteiger partial charge is 0.378 e. The first kappa shape index (κ1) is 23.2. The number of aryl methyl sites for hydroxylation is 1. The molecule has 0 atom stereocenters. The van der Waals surface area contributed by atoms with E-state index < -0.39 is 5.97 Å². The summed E-state index contributed by atoms with van der Waals surface area (Å²) in [7, 11) is 0. The highest BCUT2D eigenvalue weighted by atomic mass is 17.2. The fourth-order valence-corrected chi connectivity index (χ4v) is 2.18. The van der Waals surface area contributed by atoms with Gasteiger partial charge in [0.2, 0.25) is 0 Å². The van der Waals surface area contributed by atoms with Crippen molar-refractivity contribution in [1.82, 2.24) is 0 Å². The average molecular weight is 350 g/mol. The molecule has 4 heteroatoms. The van der Waals surface area contributed by atoms with Crippen molar-refractivity contribution in [2.75, 3.05) is 6.61 Å². The minimum Gasteiger partial charge on any atom is -0.396 e. The molecule has 0 radical (unpaired) electrons. The molecule has 0 aliphatic rings. The Hall–Kier alpha value is -1.81. The van der Waals surface area contributed by atoms with Crippen molar-refractivity contribution in [3.8, 4) is 5.75 Å². The molecule has 0 unspecified atom stereocenters. The number of aliphatic hydroxyl groups excluding tert-OH is 1. The van der Waals surface area contributed by atoms with Gasteiger partial charge in [-0.05, 0) is 30.9 Å². The summed E-state index contributed by atoms with van der Waals surface area (Å²) in [6, 6.07) is 7.66. The molecule has 1 rings (SSSR count). The number of carbonyl (C=O) groups excluding carboxylic acids is 1. The van der Waals surface area contributed by atoms with E-state index in [0.717, 1.165) is 30.9 Å². The van der Waals surface area contributed by atoms with E-state index in [-0.39, 0.29) is 0 Å². The van der Waals surface area contributed by atoms with Gasteiger partial charge in [0.05, 0.1) is 0 Å². The lowest BCUT2D eigenvalue weighted by molar-refractivity contribution is -0.207. The van der Waals surface area contributed by atoms with Gasteiger partial charge >= 0.3 is 5.97 Å². The molecule has 0 saturated heterocycles. The molecule has 4 nitrogen and oxygen atoms in total.